The average Bonchev–Trinajstić information content (AvgIpc) is 2.15. The molecule has 0 N–H and O–H groups in total. The smallest absolute Gasteiger partial charge is 0.115 e. The van der Waals surface area contributed by atoms with Crippen LogP contribution in [0.15, 0.2) is 11.6 Å². The maximum Gasteiger partial charge on any atom is 0.115 e. The zero-order chi connectivity index (χ0) is 11.7. The van der Waals surface area contributed by atoms with Gasteiger partial charge in [0.1, 0.15) is 11.7 Å². The van der Waals surface area contributed by atoms with E-state index in [1.165, 1.54) is 5.57 Å². The summed E-state index contributed by atoms with van der Waals surface area (Å²) in [5, 5.41) is 0.944. The summed E-state index contributed by atoms with van der Waals surface area (Å²) < 4.78 is 5.43. The van der Waals surface area contributed by atoms with Crippen LogP contribution in [0.4, 0.5) is 0 Å². The van der Waals surface area contributed by atoms with E-state index < -0.39 is 0 Å². The monoisotopic (exact) mass is 272 g/mol. The van der Waals surface area contributed by atoms with Crippen molar-refractivity contribution in [3.63, 3.8) is 0 Å². The van der Waals surface area contributed by atoms with Crippen LogP contribution in [0.1, 0.15) is 47.0 Å². The van der Waals surface area contributed by atoms with Gasteiger partial charge in [0.15, 0.2) is 0 Å². The van der Waals surface area contributed by atoms with Gasteiger partial charge >= 0.3 is 0 Å². The number of halogens is 1. The third-order valence-corrected chi connectivity index (χ3v) is 2.53. The minimum atomic E-state index is -0.127. The first-order valence-corrected chi connectivity index (χ1v) is 6.45. The fourth-order valence-electron chi connectivity index (χ4n) is 1.27. The highest BCUT2D eigenvalue weighted by molar-refractivity contribution is 9.09. The molecule has 86 valence electrons. The molecular formula is C13H21BrO. The van der Waals surface area contributed by atoms with Crippen LogP contribution in [0.2, 0.25) is 0 Å². The second-order valence-electron chi connectivity index (χ2n) is 4.27. The standard InChI is InChI=1S/C13H21BrO/c1-5-11-15-13(3,4)9-6-7-12(2)8-10-14/h8H,6-7,9-10H2,1-4H3/b12-8+. The quantitative estimate of drug-likeness (QED) is 0.399. The molecule has 0 aliphatic carbocycles. The lowest BCUT2D eigenvalue weighted by Crippen LogP contribution is -2.21. The van der Waals surface area contributed by atoms with Gasteiger partial charge in [-0.3, -0.25) is 0 Å². The Bertz CT molecular complexity index is 255. The van der Waals surface area contributed by atoms with Gasteiger partial charge in [0.05, 0.1) is 0 Å². The second-order valence-corrected chi connectivity index (χ2v) is 4.92. The summed E-state index contributed by atoms with van der Waals surface area (Å²) in [5.41, 5.74) is 1.31. The molecule has 0 spiro atoms. The van der Waals surface area contributed by atoms with Crippen LogP contribution in [0.3, 0.4) is 0 Å². The van der Waals surface area contributed by atoms with Gasteiger partial charge in [0, 0.05) is 12.3 Å². The van der Waals surface area contributed by atoms with Gasteiger partial charge in [-0.25, -0.2) is 0 Å². The Kier molecular flexibility index (Phi) is 7.60. The van der Waals surface area contributed by atoms with Crippen molar-refractivity contribution < 1.29 is 4.74 Å². The molecule has 1 nitrogen and oxygen atoms in total. The summed E-state index contributed by atoms with van der Waals surface area (Å²) >= 11 is 3.40. The fourth-order valence-corrected chi connectivity index (χ4v) is 1.82. The molecular weight excluding hydrogens is 252 g/mol. The van der Waals surface area contributed by atoms with Gasteiger partial charge in [0.25, 0.3) is 0 Å². The Labute approximate surface area is 102 Å². The summed E-state index contributed by atoms with van der Waals surface area (Å²) in [6, 6.07) is 0. The minimum absolute atomic E-state index is 0.127. The van der Waals surface area contributed by atoms with E-state index in [4.69, 9.17) is 4.74 Å². The van der Waals surface area contributed by atoms with Gasteiger partial charge < -0.3 is 4.74 Å². The number of ether oxygens (including phenoxy) is 1. The van der Waals surface area contributed by atoms with Gasteiger partial charge in [-0.2, -0.15) is 0 Å². The predicted molar refractivity (Wildman–Crippen MR) is 70.0 cm³/mol. The maximum atomic E-state index is 5.43. The largest absolute Gasteiger partial charge is 0.441 e. The first-order chi connectivity index (χ1) is 7.02. The average molecular weight is 273 g/mol. The van der Waals surface area contributed by atoms with Crippen LogP contribution >= 0.6 is 15.9 Å². The number of allylic oxidation sites excluding steroid dienone is 2. The number of hydrogen-bond acceptors (Lipinski definition) is 1. The van der Waals surface area contributed by atoms with Crippen LogP contribution in [-0.4, -0.2) is 10.9 Å². The van der Waals surface area contributed by atoms with Gasteiger partial charge in [-0.05, 0) is 40.0 Å². The molecule has 0 saturated carbocycles. The van der Waals surface area contributed by atoms with E-state index in [9.17, 15) is 0 Å². The SMILES string of the molecule is CC#COC(C)(C)CCC/C(C)=C/CBr. The molecule has 0 saturated heterocycles. The van der Waals surface area contributed by atoms with Crippen LogP contribution in [0.5, 0.6) is 0 Å². The Morgan fingerprint density at radius 2 is 2.13 bits per heavy atom. The molecule has 0 aliphatic rings. The highest BCUT2D eigenvalue weighted by atomic mass is 79.9. The van der Waals surface area contributed by atoms with E-state index in [-0.39, 0.29) is 5.60 Å². The molecule has 0 radical (unpaired) electrons. The summed E-state index contributed by atoms with van der Waals surface area (Å²) in [6.45, 7) is 8.13. The van der Waals surface area contributed by atoms with E-state index >= 15 is 0 Å². The molecule has 2 heteroatoms. The Balaban J connectivity index is 3.82. The van der Waals surface area contributed by atoms with Crippen molar-refractivity contribution in [1.82, 2.24) is 0 Å². The molecule has 0 rings (SSSR count). The topological polar surface area (TPSA) is 9.23 Å². The normalized spacial score (nSPS) is 11.9. The van der Waals surface area contributed by atoms with Crippen molar-refractivity contribution in [2.75, 3.05) is 5.33 Å². The zero-order valence-electron chi connectivity index (χ0n) is 10.2. The minimum Gasteiger partial charge on any atom is -0.441 e. The highest BCUT2D eigenvalue weighted by Crippen LogP contribution is 2.19. The Hall–Kier alpha value is -0.420. The molecule has 0 unspecified atom stereocenters. The molecule has 0 bridgehead atoms. The van der Waals surface area contributed by atoms with Crippen LogP contribution in [-0.2, 0) is 4.74 Å². The molecule has 0 heterocycles. The highest BCUT2D eigenvalue weighted by Gasteiger charge is 2.17. The lowest BCUT2D eigenvalue weighted by atomic mass is 9.99. The van der Waals surface area contributed by atoms with Crippen LogP contribution in [0.25, 0.3) is 0 Å². The van der Waals surface area contributed by atoms with E-state index in [2.05, 4.69) is 54.8 Å². The van der Waals surface area contributed by atoms with Crippen LogP contribution in [0, 0.1) is 12.0 Å². The lowest BCUT2D eigenvalue weighted by Gasteiger charge is -2.22. The summed E-state index contributed by atoms with van der Waals surface area (Å²) in [5.74, 6) is 2.75. The molecule has 0 fully saturated rings. The molecule has 0 aromatic heterocycles. The number of rotatable bonds is 6. The second kappa shape index (κ2) is 7.82. The first-order valence-electron chi connectivity index (χ1n) is 5.33. The molecule has 0 amide bonds. The zero-order valence-corrected chi connectivity index (χ0v) is 11.8. The van der Waals surface area contributed by atoms with E-state index in [1.54, 1.807) is 6.92 Å². The maximum absolute atomic E-state index is 5.43. The van der Waals surface area contributed by atoms with Gasteiger partial charge in [-0.15, -0.1) is 0 Å². The van der Waals surface area contributed by atoms with Crippen molar-refractivity contribution in [3.05, 3.63) is 11.6 Å². The van der Waals surface area contributed by atoms with E-state index in [1.807, 2.05) is 0 Å². The van der Waals surface area contributed by atoms with E-state index in [0.717, 1.165) is 24.6 Å². The van der Waals surface area contributed by atoms with Gasteiger partial charge in [0.2, 0.25) is 0 Å². The number of alkyl halides is 1. The summed E-state index contributed by atoms with van der Waals surface area (Å²) in [6.07, 6.45) is 8.21. The first kappa shape index (κ1) is 14.6. The molecule has 0 aliphatic heterocycles. The Morgan fingerprint density at radius 1 is 1.47 bits per heavy atom. The van der Waals surface area contributed by atoms with Crippen LogP contribution < -0.4 is 0 Å². The third-order valence-electron chi connectivity index (χ3n) is 2.20. The molecule has 0 atom stereocenters. The van der Waals surface area contributed by atoms with Crippen molar-refractivity contribution in [2.24, 2.45) is 0 Å². The van der Waals surface area contributed by atoms with Crippen molar-refractivity contribution in [2.45, 2.75) is 52.6 Å². The summed E-state index contributed by atoms with van der Waals surface area (Å²) in [4.78, 5) is 0. The van der Waals surface area contributed by atoms with Crippen molar-refractivity contribution in [1.29, 1.82) is 0 Å². The van der Waals surface area contributed by atoms with Crippen molar-refractivity contribution >= 4 is 15.9 Å². The third kappa shape index (κ3) is 8.57. The number of hydrogen-bond donors (Lipinski definition) is 0. The van der Waals surface area contributed by atoms with E-state index in [0.29, 0.717) is 0 Å². The molecule has 0 aromatic rings. The van der Waals surface area contributed by atoms with Gasteiger partial charge in [-0.1, -0.05) is 33.5 Å². The predicted octanol–water partition coefficient (Wildman–Crippen LogP) is 4.27. The van der Waals surface area contributed by atoms with Crippen molar-refractivity contribution in [3.8, 4) is 12.0 Å². The lowest BCUT2D eigenvalue weighted by molar-refractivity contribution is 0.0652. The fraction of sp³-hybridized carbons (Fsp3) is 0.692. The molecule has 15 heavy (non-hydrogen) atoms. The summed E-state index contributed by atoms with van der Waals surface area (Å²) in [7, 11) is 0. The Morgan fingerprint density at radius 3 is 2.67 bits per heavy atom. The molecule has 0 aromatic carbocycles.